The monoisotopic (exact) mass is 226 g/mol. The minimum atomic E-state index is -0.637. The number of aliphatic carboxylic acids is 1. The van der Waals surface area contributed by atoms with Crippen LogP contribution in [0.5, 0.6) is 0 Å². The minimum absolute atomic E-state index is 0.171. The van der Waals surface area contributed by atoms with Crippen molar-refractivity contribution in [3.05, 3.63) is 0 Å². The fourth-order valence-corrected chi connectivity index (χ4v) is 3.10. The van der Waals surface area contributed by atoms with Gasteiger partial charge in [-0.25, -0.2) is 0 Å². The predicted molar refractivity (Wildman–Crippen MR) is 66.5 cm³/mol. The highest BCUT2D eigenvalue weighted by Gasteiger charge is 2.31. The number of rotatable bonds is 6. The van der Waals surface area contributed by atoms with E-state index < -0.39 is 5.97 Å². The summed E-state index contributed by atoms with van der Waals surface area (Å²) in [6.45, 7) is 4.09. The Morgan fingerprint density at radius 2 is 1.88 bits per heavy atom. The molecule has 0 amide bonds. The van der Waals surface area contributed by atoms with Gasteiger partial charge in [0.05, 0.1) is 5.92 Å². The second-order valence-corrected chi connectivity index (χ2v) is 5.59. The van der Waals surface area contributed by atoms with Crippen LogP contribution in [0.15, 0.2) is 0 Å². The van der Waals surface area contributed by atoms with Gasteiger partial charge >= 0.3 is 5.97 Å². The zero-order valence-corrected chi connectivity index (χ0v) is 10.8. The number of carboxylic acids is 1. The summed E-state index contributed by atoms with van der Waals surface area (Å²) in [4.78, 5) is 10.8. The van der Waals surface area contributed by atoms with E-state index in [1.807, 2.05) is 6.92 Å². The van der Waals surface area contributed by atoms with Crippen LogP contribution in [-0.4, -0.2) is 11.1 Å². The molecule has 16 heavy (non-hydrogen) atoms. The van der Waals surface area contributed by atoms with Crippen molar-refractivity contribution in [1.29, 1.82) is 0 Å². The summed E-state index contributed by atoms with van der Waals surface area (Å²) in [6.07, 6.45) is 11.2. The van der Waals surface area contributed by atoms with Crippen LogP contribution in [-0.2, 0) is 4.79 Å². The molecule has 2 heteroatoms. The lowest BCUT2D eigenvalue weighted by atomic mass is 9.68. The van der Waals surface area contributed by atoms with Gasteiger partial charge in [-0.05, 0) is 37.5 Å². The van der Waals surface area contributed by atoms with Crippen molar-refractivity contribution in [3.8, 4) is 0 Å². The molecule has 1 rings (SSSR count). The van der Waals surface area contributed by atoms with Gasteiger partial charge in [0.25, 0.3) is 0 Å². The molecule has 0 aliphatic heterocycles. The van der Waals surface area contributed by atoms with E-state index in [-0.39, 0.29) is 5.92 Å². The first-order valence-corrected chi connectivity index (χ1v) is 6.82. The van der Waals surface area contributed by atoms with Crippen LogP contribution in [0.3, 0.4) is 0 Å². The third-order valence-corrected chi connectivity index (χ3v) is 4.22. The molecule has 0 radical (unpaired) electrons. The Hall–Kier alpha value is -0.530. The Bertz CT molecular complexity index is 211. The maximum atomic E-state index is 10.8. The molecule has 1 atom stereocenters. The first-order valence-electron chi connectivity index (χ1n) is 6.82. The summed E-state index contributed by atoms with van der Waals surface area (Å²) in [5.41, 5.74) is 0.483. The van der Waals surface area contributed by atoms with Gasteiger partial charge in [-0.3, -0.25) is 4.79 Å². The Balaban J connectivity index is 2.46. The lowest BCUT2D eigenvalue weighted by molar-refractivity contribution is -0.141. The molecule has 0 bridgehead atoms. The quantitative estimate of drug-likeness (QED) is 0.735. The van der Waals surface area contributed by atoms with Gasteiger partial charge in [0, 0.05) is 0 Å². The molecule has 0 saturated heterocycles. The number of carbonyl (C=O) groups is 1. The third kappa shape index (κ3) is 3.80. The second-order valence-electron chi connectivity index (χ2n) is 5.59. The average Bonchev–Trinajstić information content (AvgIpc) is 2.27. The largest absolute Gasteiger partial charge is 0.481 e. The normalized spacial score (nSPS) is 21.6. The molecule has 0 spiro atoms. The Morgan fingerprint density at radius 1 is 1.25 bits per heavy atom. The molecule has 0 heterocycles. The smallest absolute Gasteiger partial charge is 0.306 e. The zero-order valence-electron chi connectivity index (χ0n) is 10.8. The van der Waals surface area contributed by atoms with Crippen molar-refractivity contribution < 1.29 is 9.90 Å². The van der Waals surface area contributed by atoms with E-state index in [4.69, 9.17) is 5.11 Å². The van der Waals surface area contributed by atoms with Crippen LogP contribution in [0, 0.1) is 11.3 Å². The molecule has 1 fully saturated rings. The molecule has 1 aliphatic carbocycles. The van der Waals surface area contributed by atoms with Crippen LogP contribution in [0.4, 0.5) is 0 Å². The van der Waals surface area contributed by atoms with Crippen molar-refractivity contribution >= 4 is 5.97 Å². The predicted octanol–water partition coefficient (Wildman–Crippen LogP) is 4.24. The van der Waals surface area contributed by atoms with Crippen LogP contribution in [0.1, 0.15) is 71.6 Å². The minimum Gasteiger partial charge on any atom is -0.481 e. The summed E-state index contributed by atoms with van der Waals surface area (Å²) in [5, 5.41) is 8.93. The molecule has 0 aromatic carbocycles. The van der Waals surface area contributed by atoms with E-state index in [0.717, 1.165) is 12.8 Å². The van der Waals surface area contributed by atoms with Gasteiger partial charge in [0.15, 0.2) is 0 Å². The highest BCUT2D eigenvalue weighted by molar-refractivity contribution is 5.69. The maximum absolute atomic E-state index is 10.8. The van der Waals surface area contributed by atoms with Gasteiger partial charge in [-0.1, -0.05) is 39.5 Å². The summed E-state index contributed by atoms with van der Waals surface area (Å²) < 4.78 is 0. The Labute approximate surface area is 99.4 Å². The van der Waals surface area contributed by atoms with Crippen molar-refractivity contribution in [3.63, 3.8) is 0 Å². The zero-order chi connectivity index (χ0) is 12.0. The third-order valence-electron chi connectivity index (χ3n) is 4.22. The molecular weight excluding hydrogens is 200 g/mol. The molecule has 2 nitrogen and oxygen atoms in total. The molecule has 1 saturated carbocycles. The number of carboxylic acid groups (broad SMARTS) is 1. The van der Waals surface area contributed by atoms with Crippen molar-refractivity contribution in [1.82, 2.24) is 0 Å². The van der Waals surface area contributed by atoms with E-state index in [1.165, 1.54) is 44.9 Å². The summed E-state index contributed by atoms with van der Waals surface area (Å²) in [7, 11) is 0. The fraction of sp³-hybridized carbons (Fsp3) is 0.929. The molecule has 0 aromatic heterocycles. The summed E-state index contributed by atoms with van der Waals surface area (Å²) >= 11 is 0. The molecular formula is C14H26O2. The molecule has 0 aromatic rings. The van der Waals surface area contributed by atoms with Gasteiger partial charge in [-0.2, -0.15) is 0 Å². The van der Waals surface area contributed by atoms with Crippen LogP contribution in [0.2, 0.25) is 0 Å². The van der Waals surface area contributed by atoms with E-state index >= 15 is 0 Å². The van der Waals surface area contributed by atoms with Crippen molar-refractivity contribution in [2.75, 3.05) is 0 Å². The SMILES string of the molecule is CCCC1(CC[C@@H](C)C(=O)O)CCCCC1. The summed E-state index contributed by atoms with van der Waals surface area (Å²) in [5.74, 6) is -0.807. The first-order chi connectivity index (χ1) is 7.59. The van der Waals surface area contributed by atoms with Crippen molar-refractivity contribution in [2.45, 2.75) is 71.6 Å². The number of hydrogen-bond acceptors (Lipinski definition) is 1. The first kappa shape index (κ1) is 13.5. The number of hydrogen-bond donors (Lipinski definition) is 1. The maximum Gasteiger partial charge on any atom is 0.306 e. The highest BCUT2D eigenvalue weighted by atomic mass is 16.4. The van der Waals surface area contributed by atoms with E-state index in [0.29, 0.717) is 5.41 Å². The Morgan fingerprint density at radius 3 is 2.38 bits per heavy atom. The lowest BCUT2D eigenvalue weighted by Gasteiger charge is -2.38. The fourth-order valence-electron chi connectivity index (χ4n) is 3.10. The van der Waals surface area contributed by atoms with Gasteiger partial charge < -0.3 is 5.11 Å². The van der Waals surface area contributed by atoms with Gasteiger partial charge in [0.2, 0.25) is 0 Å². The summed E-state index contributed by atoms with van der Waals surface area (Å²) in [6, 6.07) is 0. The van der Waals surface area contributed by atoms with Crippen LogP contribution < -0.4 is 0 Å². The average molecular weight is 226 g/mol. The standard InChI is InChI=1S/C14H26O2/c1-3-8-14(9-5-4-6-10-14)11-7-12(2)13(15)16/h12H,3-11H2,1-2H3,(H,15,16)/t12-/m1/s1. The molecule has 94 valence electrons. The van der Waals surface area contributed by atoms with Crippen molar-refractivity contribution in [2.24, 2.45) is 11.3 Å². The molecule has 1 aliphatic rings. The van der Waals surface area contributed by atoms with Crippen LogP contribution in [0.25, 0.3) is 0 Å². The lowest BCUT2D eigenvalue weighted by Crippen LogP contribution is -2.25. The highest BCUT2D eigenvalue weighted by Crippen LogP contribution is 2.44. The second kappa shape index (κ2) is 6.27. The van der Waals surface area contributed by atoms with E-state index in [2.05, 4.69) is 6.92 Å². The van der Waals surface area contributed by atoms with Crippen LogP contribution >= 0.6 is 0 Å². The van der Waals surface area contributed by atoms with Gasteiger partial charge in [-0.15, -0.1) is 0 Å². The van der Waals surface area contributed by atoms with E-state index in [1.54, 1.807) is 0 Å². The topological polar surface area (TPSA) is 37.3 Å². The van der Waals surface area contributed by atoms with Gasteiger partial charge in [0.1, 0.15) is 0 Å². The molecule has 0 unspecified atom stereocenters. The molecule has 1 N–H and O–H groups in total. The van der Waals surface area contributed by atoms with E-state index in [9.17, 15) is 4.79 Å². The Kier molecular flexibility index (Phi) is 5.30.